The molecule has 8 nitrogen and oxygen atoms in total. The number of aromatic nitrogens is 2. The minimum Gasteiger partial charge on any atom is -0.394 e. The van der Waals surface area contributed by atoms with Crippen molar-refractivity contribution in [3.05, 3.63) is 33.1 Å². The summed E-state index contributed by atoms with van der Waals surface area (Å²) < 4.78 is 23.0. The van der Waals surface area contributed by atoms with Gasteiger partial charge in [-0.25, -0.2) is 9.18 Å². The lowest BCUT2D eigenvalue weighted by Crippen LogP contribution is -2.38. The first-order chi connectivity index (χ1) is 9.08. The van der Waals surface area contributed by atoms with E-state index >= 15 is 0 Å². The molecule has 1 aromatic rings. The van der Waals surface area contributed by atoms with Crippen LogP contribution in [-0.2, 0) is 9.47 Å². The Hall–Kier alpha value is -1.55. The van der Waals surface area contributed by atoms with Gasteiger partial charge in [-0.1, -0.05) is 0 Å². The number of halogens is 1. The van der Waals surface area contributed by atoms with Crippen LogP contribution in [0.25, 0.3) is 0 Å². The van der Waals surface area contributed by atoms with Crippen molar-refractivity contribution in [3.63, 3.8) is 0 Å². The summed E-state index contributed by atoms with van der Waals surface area (Å²) in [5.74, 6) is 0. The zero-order valence-electron chi connectivity index (χ0n) is 9.73. The van der Waals surface area contributed by atoms with E-state index in [0.717, 1.165) is 16.8 Å². The first kappa shape index (κ1) is 13.9. The second-order valence-electron chi connectivity index (χ2n) is 4.00. The zero-order valence-corrected chi connectivity index (χ0v) is 9.73. The summed E-state index contributed by atoms with van der Waals surface area (Å²) in [6.07, 6.45) is -3.44. The molecule has 106 valence electrons. The topological polar surface area (TPSA) is 114 Å². The molecule has 0 aliphatic carbocycles. The van der Waals surface area contributed by atoms with Crippen molar-refractivity contribution in [1.29, 1.82) is 0 Å². The molecule has 1 aliphatic heterocycles. The average molecular weight is 276 g/mol. The number of H-pyrrole nitrogens is 1. The summed E-state index contributed by atoms with van der Waals surface area (Å²) in [5, 5.41) is 19.0. The predicted molar refractivity (Wildman–Crippen MR) is 59.2 cm³/mol. The second-order valence-corrected chi connectivity index (χ2v) is 4.00. The van der Waals surface area contributed by atoms with Crippen molar-refractivity contribution in [2.45, 2.75) is 24.5 Å². The molecule has 1 aliphatic rings. The van der Waals surface area contributed by atoms with Crippen LogP contribution in [0.4, 0.5) is 4.39 Å². The van der Waals surface area contributed by atoms with Gasteiger partial charge in [-0.15, -0.1) is 0 Å². The Balaban J connectivity index is 2.30. The van der Waals surface area contributed by atoms with Crippen molar-refractivity contribution in [2.24, 2.45) is 0 Å². The van der Waals surface area contributed by atoms with Gasteiger partial charge in [0.05, 0.1) is 6.61 Å². The highest BCUT2D eigenvalue weighted by Crippen LogP contribution is 2.30. The molecular weight excluding hydrogens is 263 g/mol. The summed E-state index contributed by atoms with van der Waals surface area (Å²) in [7, 11) is 0. The number of aromatic amines is 1. The third-order valence-electron chi connectivity index (χ3n) is 2.87. The lowest BCUT2D eigenvalue weighted by atomic mass is 10.1. The fourth-order valence-corrected chi connectivity index (χ4v) is 2.00. The fourth-order valence-electron chi connectivity index (χ4n) is 2.00. The van der Waals surface area contributed by atoms with Gasteiger partial charge < -0.3 is 19.7 Å². The SMILES string of the molecule is O=c1ccn([C@@H]2O[C@H](CO)[C@H](OCF)[C@@H]2O)c(=O)[nH]1. The molecule has 1 fully saturated rings. The Bertz CT molecular complexity index is 543. The van der Waals surface area contributed by atoms with E-state index in [-0.39, 0.29) is 0 Å². The third-order valence-corrected chi connectivity index (χ3v) is 2.87. The molecule has 0 radical (unpaired) electrons. The molecule has 0 unspecified atom stereocenters. The lowest BCUT2D eigenvalue weighted by molar-refractivity contribution is -0.0825. The maximum Gasteiger partial charge on any atom is 0.330 e. The second kappa shape index (κ2) is 5.61. The molecular formula is C10H13FN2O6. The van der Waals surface area contributed by atoms with E-state index in [1.807, 2.05) is 4.98 Å². The Morgan fingerprint density at radius 2 is 2.26 bits per heavy atom. The van der Waals surface area contributed by atoms with Crippen molar-refractivity contribution in [2.75, 3.05) is 13.5 Å². The summed E-state index contributed by atoms with van der Waals surface area (Å²) in [5.41, 5.74) is -1.38. The van der Waals surface area contributed by atoms with Crippen LogP contribution in [0.2, 0.25) is 0 Å². The number of nitrogens with zero attached hydrogens (tertiary/aromatic N) is 1. The molecule has 0 saturated carbocycles. The van der Waals surface area contributed by atoms with Crippen LogP contribution < -0.4 is 11.2 Å². The minimum absolute atomic E-state index is 0.504. The summed E-state index contributed by atoms with van der Waals surface area (Å²) in [6.45, 7) is -1.66. The number of ether oxygens (including phenoxy) is 2. The van der Waals surface area contributed by atoms with Gasteiger partial charge in [-0.3, -0.25) is 14.3 Å². The minimum atomic E-state index is -1.35. The molecule has 2 heterocycles. The van der Waals surface area contributed by atoms with E-state index in [0.29, 0.717) is 0 Å². The van der Waals surface area contributed by atoms with Gasteiger partial charge in [-0.05, 0) is 0 Å². The maximum absolute atomic E-state index is 12.2. The highest BCUT2D eigenvalue weighted by Gasteiger charge is 2.45. The van der Waals surface area contributed by atoms with Crippen LogP contribution in [-0.4, -0.2) is 51.5 Å². The molecule has 3 N–H and O–H groups in total. The van der Waals surface area contributed by atoms with Crippen molar-refractivity contribution < 1.29 is 24.1 Å². The van der Waals surface area contributed by atoms with Crippen molar-refractivity contribution in [3.8, 4) is 0 Å². The largest absolute Gasteiger partial charge is 0.394 e. The lowest BCUT2D eigenvalue weighted by Gasteiger charge is -2.18. The van der Waals surface area contributed by atoms with Gasteiger partial charge in [0.1, 0.15) is 18.3 Å². The first-order valence-corrected chi connectivity index (χ1v) is 5.52. The standard InChI is InChI=1S/C10H13FN2O6/c11-4-18-8-5(3-14)19-9(7(8)16)13-2-1-6(15)12-10(13)17/h1-2,5,7-9,14,16H,3-4H2,(H,12,15,17)/t5-,7+,8+,9-/m1/s1. The van der Waals surface area contributed by atoms with Crippen LogP contribution in [0.3, 0.4) is 0 Å². The smallest absolute Gasteiger partial charge is 0.330 e. The highest BCUT2D eigenvalue weighted by atomic mass is 19.1. The number of aliphatic hydroxyl groups excluding tert-OH is 2. The van der Waals surface area contributed by atoms with Gasteiger partial charge >= 0.3 is 5.69 Å². The van der Waals surface area contributed by atoms with Crippen molar-refractivity contribution >= 4 is 0 Å². The Kier molecular flexibility index (Phi) is 4.10. The molecule has 1 saturated heterocycles. The van der Waals surface area contributed by atoms with Crippen LogP contribution >= 0.6 is 0 Å². The molecule has 9 heteroatoms. The number of alkyl halides is 1. The van der Waals surface area contributed by atoms with Gasteiger partial charge in [0, 0.05) is 12.3 Å². The van der Waals surface area contributed by atoms with E-state index in [1.165, 1.54) is 0 Å². The molecule has 0 bridgehead atoms. The van der Waals surface area contributed by atoms with Crippen LogP contribution in [0.1, 0.15) is 6.23 Å². The van der Waals surface area contributed by atoms with Gasteiger partial charge in [0.25, 0.3) is 5.56 Å². The zero-order chi connectivity index (χ0) is 14.0. The normalized spacial score (nSPS) is 30.7. The van der Waals surface area contributed by atoms with E-state index in [9.17, 15) is 19.1 Å². The van der Waals surface area contributed by atoms with Gasteiger partial charge in [0.15, 0.2) is 13.1 Å². The van der Waals surface area contributed by atoms with Gasteiger partial charge in [-0.2, -0.15) is 0 Å². The quantitative estimate of drug-likeness (QED) is 0.592. The Morgan fingerprint density at radius 1 is 1.53 bits per heavy atom. The van der Waals surface area contributed by atoms with E-state index in [4.69, 9.17) is 9.84 Å². The summed E-state index contributed by atoms with van der Waals surface area (Å²) >= 11 is 0. The monoisotopic (exact) mass is 276 g/mol. The van der Waals surface area contributed by atoms with Crippen LogP contribution in [0.5, 0.6) is 0 Å². The molecule has 4 atom stereocenters. The predicted octanol–water partition coefficient (Wildman–Crippen LogP) is -1.90. The number of aliphatic hydroxyl groups is 2. The van der Waals surface area contributed by atoms with Crippen molar-refractivity contribution in [1.82, 2.24) is 9.55 Å². The molecule has 0 amide bonds. The molecule has 2 rings (SSSR count). The Labute approximate surface area is 106 Å². The van der Waals surface area contributed by atoms with E-state index in [1.54, 1.807) is 0 Å². The number of nitrogens with one attached hydrogen (secondary N) is 1. The summed E-state index contributed by atoms with van der Waals surface area (Å²) in [4.78, 5) is 24.5. The number of hydrogen-bond donors (Lipinski definition) is 3. The average Bonchev–Trinajstić information content (AvgIpc) is 2.68. The third kappa shape index (κ3) is 2.59. The Morgan fingerprint density at radius 3 is 2.84 bits per heavy atom. The maximum atomic E-state index is 12.2. The number of hydrogen-bond acceptors (Lipinski definition) is 6. The number of rotatable bonds is 4. The van der Waals surface area contributed by atoms with E-state index < -0.39 is 49.3 Å². The van der Waals surface area contributed by atoms with E-state index in [2.05, 4.69) is 4.74 Å². The highest BCUT2D eigenvalue weighted by molar-refractivity contribution is 4.93. The molecule has 19 heavy (non-hydrogen) atoms. The molecule has 1 aromatic heterocycles. The fraction of sp³-hybridized carbons (Fsp3) is 0.600. The first-order valence-electron chi connectivity index (χ1n) is 5.52. The van der Waals surface area contributed by atoms with Crippen LogP contribution in [0.15, 0.2) is 21.9 Å². The van der Waals surface area contributed by atoms with Gasteiger partial charge in [0.2, 0.25) is 0 Å². The van der Waals surface area contributed by atoms with Crippen LogP contribution in [0, 0.1) is 0 Å². The summed E-state index contributed by atoms with van der Waals surface area (Å²) in [6, 6.07) is 1.08. The molecule has 0 spiro atoms. The molecule has 0 aromatic carbocycles.